The molecule has 0 saturated carbocycles. The summed E-state index contributed by atoms with van der Waals surface area (Å²) >= 11 is 0. The van der Waals surface area contributed by atoms with Gasteiger partial charge in [0.1, 0.15) is 5.75 Å². The van der Waals surface area contributed by atoms with E-state index in [1.54, 1.807) is 6.07 Å². The summed E-state index contributed by atoms with van der Waals surface area (Å²) in [6.45, 7) is 4.45. The van der Waals surface area contributed by atoms with Crippen LogP contribution in [0.1, 0.15) is 37.7 Å². The quantitative estimate of drug-likeness (QED) is 0.819. The van der Waals surface area contributed by atoms with Crippen molar-refractivity contribution in [3.05, 3.63) is 29.8 Å². The summed E-state index contributed by atoms with van der Waals surface area (Å²) in [6.07, 6.45) is 3.64. The third kappa shape index (κ3) is 2.38. The molecule has 1 aliphatic heterocycles. The molecule has 0 radical (unpaired) electrons. The number of phenolic OH excluding ortho intramolecular Hbond substituents is 1. The van der Waals surface area contributed by atoms with Crippen LogP contribution in [0.3, 0.4) is 0 Å². The van der Waals surface area contributed by atoms with Gasteiger partial charge < -0.3 is 10.4 Å². The molecular formula is C14H21NO. The van der Waals surface area contributed by atoms with Crippen LogP contribution in [0.4, 0.5) is 0 Å². The summed E-state index contributed by atoms with van der Waals surface area (Å²) in [5, 5.41) is 13.4. The number of hydrogen-bond donors (Lipinski definition) is 2. The Labute approximate surface area is 97.7 Å². The molecule has 2 N–H and O–H groups in total. The van der Waals surface area contributed by atoms with Crippen molar-refractivity contribution < 1.29 is 5.11 Å². The molecule has 88 valence electrons. The molecular weight excluding hydrogens is 198 g/mol. The fourth-order valence-electron chi connectivity index (χ4n) is 2.83. The minimum Gasteiger partial charge on any atom is -0.508 e. The van der Waals surface area contributed by atoms with Gasteiger partial charge in [-0.15, -0.1) is 0 Å². The maximum absolute atomic E-state index is 9.92. The Kier molecular flexibility index (Phi) is 3.83. The second kappa shape index (κ2) is 5.35. The van der Waals surface area contributed by atoms with E-state index in [0.29, 0.717) is 17.6 Å². The molecule has 1 aliphatic rings. The predicted molar refractivity (Wildman–Crippen MR) is 66.7 cm³/mol. The highest BCUT2D eigenvalue weighted by atomic mass is 16.3. The van der Waals surface area contributed by atoms with E-state index < -0.39 is 0 Å². The van der Waals surface area contributed by atoms with E-state index in [1.165, 1.54) is 12.8 Å². The fraction of sp³-hybridized carbons (Fsp3) is 0.571. The van der Waals surface area contributed by atoms with Crippen LogP contribution in [-0.4, -0.2) is 18.2 Å². The first-order valence-electron chi connectivity index (χ1n) is 6.31. The average molecular weight is 219 g/mol. The van der Waals surface area contributed by atoms with E-state index in [9.17, 15) is 5.11 Å². The molecule has 0 bridgehead atoms. The second-order valence-electron chi connectivity index (χ2n) is 4.68. The van der Waals surface area contributed by atoms with Gasteiger partial charge in [0, 0.05) is 0 Å². The number of rotatable bonds is 3. The van der Waals surface area contributed by atoms with Crippen molar-refractivity contribution in [3.8, 4) is 5.75 Å². The van der Waals surface area contributed by atoms with Crippen molar-refractivity contribution in [1.29, 1.82) is 0 Å². The summed E-state index contributed by atoms with van der Waals surface area (Å²) < 4.78 is 0. The monoisotopic (exact) mass is 219 g/mol. The van der Waals surface area contributed by atoms with Crippen molar-refractivity contribution in [2.75, 3.05) is 13.1 Å². The highest BCUT2D eigenvalue weighted by molar-refractivity contribution is 5.35. The number of hydrogen-bond acceptors (Lipinski definition) is 2. The van der Waals surface area contributed by atoms with Gasteiger partial charge in [0.25, 0.3) is 0 Å². The fourth-order valence-corrected chi connectivity index (χ4v) is 2.83. The lowest BCUT2D eigenvalue weighted by Gasteiger charge is -2.30. The molecule has 2 heteroatoms. The van der Waals surface area contributed by atoms with E-state index >= 15 is 0 Å². The first-order valence-corrected chi connectivity index (χ1v) is 6.31. The normalized spacial score (nSPS) is 22.9. The molecule has 2 atom stereocenters. The molecule has 2 nitrogen and oxygen atoms in total. The highest BCUT2D eigenvalue weighted by Crippen LogP contribution is 2.36. The summed E-state index contributed by atoms with van der Waals surface area (Å²) in [4.78, 5) is 0. The topological polar surface area (TPSA) is 32.3 Å². The van der Waals surface area contributed by atoms with Gasteiger partial charge in [0.05, 0.1) is 0 Å². The zero-order chi connectivity index (χ0) is 11.4. The average Bonchev–Trinajstić information content (AvgIpc) is 2.34. The van der Waals surface area contributed by atoms with Crippen molar-refractivity contribution in [1.82, 2.24) is 5.32 Å². The maximum Gasteiger partial charge on any atom is 0.119 e. The Morgan fingerprint density at radius 1 is 1.44 bits per heavy atom. The first-order chi connectivity index (χ1) is 7.83. The molecule has 2 rings (SSSR count). The summed E-state index contributed by atoms with van der Waals surface area (Å²) in [5.41, 5.74) is 1.12. The second-order valence-corrected chi connectivity index (χ2v) is 4.68. The zero-order valence-corrected chi connectivity index (χ0v) is 9.95. The van der Waals surface area contributed by atoms with E-state index in [1.807, 2.05) is 12.1 Å². The third-order valence-electron chi connectivity index (χ3n) is 3.68. The largest absolute Gasteiger partial charge is 0.508 e. The van der Waals surface area contributed by atoms with E-state index in [-0.39, 0.29) is 0 Å². The van der Waals surface area contributed by atoms with Gasteiger partial charge in [-0.1, -0.05) is 25.1 Å². The Hall–Kier alpha value is -1.02. The number of nitrogens with one attached hydrogen (secondary N) is 1. The van der Waals surface area contributed by atoms with Crippen molar-refractivity contribution >= 4 is 0 Å². The minimum atomic E-state index is 0.458. The smallest absolute Gasteiger partial charge is 0.119 e. The maximum atomic E-state index is 9.92. The van der Waals surface area contributed by atoms with Crippen LogP contribution in [0.15, 0.2) is 24.3 Å². The molecule has 0 spiro atoms. The SMILES string of the molecule is CCC(c1ccccc1O)C1CCCNC1. The Bertz CT molecular complexity index is 331. The lowest BCUT2D eigenvalue weighted by atomic mass is 9.80. The van der Waals surface area contributed by atoms with Crippen LogP contribution in [0.25, 0.3) is 0 Å². The Balaban J connectivity index is 2.18. The van der Waals surface area contributed by atoms with Gasteiger partial charge in [0.15, 0.2) is 0 Å². The van der Waals surface area contributed by atoms with Gasteiger partial charge in [-0.25, -0.2) is 0 Å². The predicted octanol–water partition coefficient (Wildman–Crippen LogP) is 2.89. The number of benzene rings is 1. The molecule has 0 aromatic heterocycles. The van der Waals surface area contributed by atoms with E-state index in [4.69, 9.17) is 0 Å². The molecule has 0 amide bonds. The molecule has 0 aliphatic carbocycles. The molecule has 16 heavy (non-hydrogen) atoms. The van der Waals surface area contributed by atoms with Crippen molar-refractivity contribution in [2.45, 2.75) is 32.1 Å². The molecule has 1 fully saturated rings. The lowest BCUT2D eigenvalue weighted by molar-refractivity contribution is 0.310. The summed E-state index contributed by atoms with van der Waals surface area (Å²) in [7, 11) is 0. The lowest BCUT2D eigenvalue weighted by Crippen LogP contribution is -2.33. The number of piperidine rings is 1. The standard InChI is InChI=1S/C14H21NO/c1-2-12(11-6-5-9-15-10-11)13-7-3-4-8-14(13)16/h3-4,7-8,11-12,15-16H,2,5-6,9-10H2,1H3. The van der Waals surface area contributed by atoms with Crippen LogP contribution < -0.4 is 5.32 Å². The Morgan fingerprint density at radius 2 is 2.25 bits per heavy atom. The van der Waals surface area contributed by atoms with Gasteiger partial charge in [-0.05, 0) is 55.8 Å². The Morgan fingerprint density at radius 3 is 2.88 bits per heavy atom. The highest BCUT2D eigenvalue weighted by Gasteiger charge is 2.25. The van der Waals surface area contributed by atoms with Crippen LogP contribution in [0.2, 0.25) is 0 Å². The van der Waals surface area contributed by atoms with Crippen molar-refractivity contribution in [2.24, 2.45) is 5.92 Å². The zero-order valence-electron chi connectivity index (χ0n) is 9.95. The number of para-hydroxylation sites is 1. The number of aromatic hydroxyl groups is 1. The van der Waals surface area contributed by atoms with Gasteiger partial charge in [0.2, 0.25) is 0 Å². The van der Waals surface area contributed by atoms with Crippen LogP contribution in [-0.2, 0) is 0 Å². The molecule has 1 aromatic rings. The van der Waals surface area contributed by atoms with Crippen LogP contribution in [0, 0.1) is 5.92 Å². The molecule has 1 heterocycles. The molecule has 1 saturated heterocycles. The molecule has 2 unspecified atom stereocenters. The first kappa shape index (κ1) is 11.5. The van der Waals surface area contributed by atoms with Crippen LogP contribution in [0.5, 0.6) is 5.75 Å². The summed E-state index contributed by atoms with van der Waals surface area (Å²) in [6, 6.07) is 7.78. The van der Waals surface area contributed by atoms with Gasteiger partial charge >= 0.3 is 0 Å². The third-order valence-corrected chi connectivity index (χ3v) is 3.68. The van der Waals surface area contributed by atoms with Gasteiger partial charge in [-0.2, -0.15) is 0 Å². The van der Waals surface area contributed by atoms with Crippen molar-refractivity contribution in [3.63, 3.8) is 0 Å². The minimum absolute atomic E-state index is 0.458. The molecule has 1 aromatic carbocycles. The summed E-state index contributed by atoms with van der Waals surface area (Å²) in [5.74, 6) is 1.63. The van der Waals surface area contributed by atoms with E-state index in [2.05, 4.69) is 18.3 Å². The van der Waals surface area contributed by atoms with E-state index in [0.717, 1.165) is 25.1 Å². The van der Waals surface area contributed by atoms with Gasteiger partial charge in [-0.3, -0.25) is 0 Å². The van der Waals surface area contributed by atoms with Crippen LogP contribution >= 0.6 is 0 Å². The number of phenols is 1.